The molecule has 0 spiro atoms. The summed E-state index contributed by atoms with van der Waals surface area (Å²) >= 11 is 1.71. The molecule has 0 aliphatic heterocycles. The van der Waals surface area contributed by atoms with Gasteiger partial charge in [-0.05, 0) is 26.0 Å². The molecule has 0 saturated heterocycles. The van der Waals surface area contributed by atoms with Crippen LogP contribution in [0, 0.1) is 13.8 Å². The van der Waals surface area contributed by atoms with Gasteiger partial charge in [-0.1, -0.05) is 6.07 Å². The van der Waals surface area contributed by atoms with Crippen molar-refractivity contribution in [2.75, 3.05) is 14.2 Å². The summed E-state index contributed by atoms with van der Waals surface area (Å²) in [5.74, 6) is 2.31. The highest BCUT2D eigenvalue weighted by atomic mass is 32.1. The van der Waals surface area contributed by atoms with Crippen LogP contribution in [0.2, 0.25) is 0 Å². The van der Waals surface area contributed by atoms with E-state index in [1.54, 1.807) is 31.8 Å². The predicted molar refractivity (Wildman–Crippen MR) is 91.5 cm³/mol. The zero-order valence-corrected chi connectivity index (χ0v) is 14.5. The molecule has 0 radical (unpaired) electrons. The number of aryl methyl sites for hydroxylation is 2. The van der Waals surface area contributed by atoms with Crippen molar-refractivity contribution in [1.82, 2.24) is 14.5 Å². The quantitative estimate of drug-likeness (QED) is 0.716. The molecule has 0 N–H and O–H groups in total. The minimum Gasteiger partial charge on any atom is -0.496 e. The summed E-state index contributed by atoms with van der Waals surface area (Å²) in [6.45, 7) is 4.80. The Kier molecular flexibility index (Phi) is 4.34. The number of ether oxygens (including phenoxy) is 2. The summed E-state index contributed by atoms with van der Waals surface area (Å²) in [6.07, 6.45) is 3.76. The molecular formula is C17H19N3O2S. The van der Waals surface area contributed by atoms with Crippen LogP contribution in [0.1, 0.15) is 15.6 Å². The standard InChI is InChI=1S/C17H19N3O2S/c1-11-15(23-12(2)19-11)10-20-9-8-18-17(20)16-13(21-3)6-5-7-14(16)22-4/h5-9H,10H2,1-4H3. The van der Waals surface area contributed by atoms with Gasteiger partial charge in [-0.3, -0.25) is 0 Å². The number of rotatable bonds is 5. The fourth-order valence-corrected chi connectivity index (χ4v) is 3.55. The van der Waals surface area contributed by atoms with E-state index in [9.17, 15) is 0 Å². The molecule has 0 saturated carbocycles. The molecule has 0 fully saturated rings. The van der Waals surface area contributed by atoms with Gasteiger partial charge in [0, 0.05) is 17.3 Å². The van der Waals surface area contributed by atoms with Gasteiger partial charge in [0.2, 0.25) is 0 Å². The van der Waals surface area contributed by atoms with E-state index in [2.05, 4.69) is 14.5 Å². The number of hydrogen-bond acceptors (Lipinski definition) is 5. The first-order valence-corrected chi connectivity index (χ1v) is 8.11. The molecular weight excluding hydrogens is 310 g/mol. The third kappa shape index (κ3) is 2.94. The molecule has 2 aromatic heterocycles. The van der Waals surface area contributed by atoms with Crippen LogP contribution in [0.5, 0.6) is 11.5 Å². The predicted octanol–water partition coefficient (Wildman–Crippen LogP) is 3.69. The maximum absolute atomic E-state index is 5.50. The lowest BCUT2D eigenvalue weighted by Gasteiger charge is -2.14. The second-order valence-electron chi connectivity index (χ2n) is 5.16. The Labute approximate surface area is 139 Å². The maximum atomic E-state index is 5.50. The van der Waals surface area contributed by atoms with E-state index in [4.69, 9.17) is 9.47 Å². The lowest BCUT2D eigenvalue weighted by atomic mass is 10.1. The van der Waals surface area contributed by atoms with Gasteiger partial charge in [-0.15, -0.1) is 11.3 Å². The van der Waals surface area contributed by atoms with Crippen LogP contribution < -0.4 is 9.47 Å². The highest BCUT2D eigenvalue weighted by Gasteiger charge is 2.18. The third-order valence-electron chi connectivity index (χ3n) is 3.68. The minimum absolute atomic E-state index is 0.730. The Hall–Kier alpha value is -2.34. The largest absolute Gasteiger partial charge is 0.496 e. The number of aromatic nitrogens is 3. The summed E-state index contributed by atoms with van der Waals surface area (Å²) in [7, 11) is 3.31. The van der Waals surface area contributed by atoms with Crippen molar-refractivity contribution in [2.24, 2.45) is 0 Å². The van der Waals surface area contributed by atoms with Crippen molar-refractivity contribution in [3.63, 3.8) is 0 Å². The number of methoxy groups -OCH3 is 2. The van der Waals surface area contributed by atoms with Crippen molar-refractivity contribution < 1.29 is 9.47 Å². The zero-order valence-electron chi connectivity index (χ0n) is 13.7. The van der Waals surface area contributed by atoms with E-state index >= 15 is 0 Å². The number of thiazole rings is 1. The summed E-state index contributed by atoms with van der Waals surface area (Å²) in [5.41, 5.74) is 1.93. The molecule has 0 amide bonds. The molecule has 0 unspecified atom stereocenters. The average Bonchev–Trinajstić information content (AvgIpc) is 3.13. The Balaban J connectivity index is 2.07. The number of imidazole rings is 1. The molecule has 23 heavy (non-hydrogen) atoms. The molecule has 1 aromatic carbocycles. The molecule has 5 nitrogen and oxygen atoms in total. The zero-order chi connectivity index (χ0) is 16.4. The third-order valence-corrected chi connectivity index (χ3v) is 4.74. The van der Waals surface area contributed by atoms with E-state index < -0.39 is 0 Å². The van der Waals surface area contributed by atoms with E-state index in [-0.39, 0.29) is 0 Å². The van der Waals surface area contributed by atoms with E-state index in [0.717, 1.165) is 40.1 Å². The lowest BCUT2D eigenvalue weighted by Crippen LogP contribution is -2.03. The van der Waals surface area contributed by atoms with Gasteiger partial charge in [0.25, 0.3) is 0 Å². The van der Waals surface area contributed by atoms with Gasteiger partial charge < -0.3 is 14.0 Å². The van der Waals surface area contributed by atoms with E-state index in [0.29, 0.717) is 0 Å². The van der Waals surface area contributed by atoms with Gasteiger partial charge >= 0.3 is 0 Å². The minimum atomic E-state index is 0.730. The van der Waals surface area contributed by atoms with Crippen LogP contribution in [-0.2, 0) is 6.54 Å². The molecule has 0 bridgehead atoms. The highest BCUT2D eigenvalue weighted by Crippen LogP contribution is 2.37. The van der Waals surface area contributed by atoms with Gasteiger partial charge in [0.05, 0.1) is 31.5 Å². The van der Waals surface area contributed by atoms with Crippen LogP contribution >= 0.6 is 11.3 Å². The molecule has 0 aliphatic carbocycles. The first-order chi connectivity index (χ1) is 11.1. The molecule has 2 heterocycles. The van der Waals surface area contributed by atoms with Crippen LogP contribution in [0.15, 0.2) is 30.6 Å². The van der Waals surface area contributed by atoms with Gasteiger partial charge in [-0.2, -0.15) is 0 Å². The van der Waals surface area contributed by atoms with Crippen molar-refractivity contribution in [1.29, 1.82) is 0 Å². The van der Waals surface area contributed by atoms with E-state index in [1.807, 2.05) is 38.2 Å². The lowest BCUT2D eigenvalue weighted by molar-refractivity contribution is 0.396. The Morgan fingerprint density at radius 1 is 1.13 bits per heavy atom. The van der Waals surface area contributed by atoms with Crippen LogP contribution in [0.3, 0.4) is 0 Å². The van der Waals surface area contributed by atoms with Crippen molar-refractivity contribution in [3.8, 4) is 22.9 Å². The molecule has 3 aromatic rings. The second kappa shape index (κ2) is 6.42. The van der Waals surface area contributed by atoms with Gasteiger partial charge in [-0.25, -0.2) is 9.97 Å². The Bertz CT molecular complexity index is 801. The number of benzene rings is 1. The summed E-state index contributed by atoms with van der Waals surface area (Å²) in [6, 6.07) is 5.74. The summed E-state index contributed by atoms with van der Waals surface area (Å²) in [4.78, 5) is 10.3. The highest BCUT2D eigenvalue weighted by molar-refractivity contribution is 7.11. The maximum Gasteiger partial charge on any atom is 0.147 e. The smallest absolute Gasteiger partial charge is 0.147 e. The van der Waals surface area contributed by atoms with Crippen LogP contribution in [-0.4, -0.2) is 28.8 Å². The van der Waals surface area contributed by atoms with Crippen molar-refractivity contribution in [2.45, 2.75) is 20.4 Å². The van der Waals surface area contributed by atoms with Gasteiger partial charge in [0.1, 0.15) is 22.9 Å². The van der Waals surface area contributed by atoms with Crippen LogP contribution in [0.4, 0.5) is 0 Å². The Morgan fingerprint density at radius 2 is 1.83 bits per heavy atom. The van der Waals surface area contributed by atoms with Crippen molar-refractivity contribution >= 4 is 11.3 Å². The fraction of sp³-hybridized carbons (Fsp3) is 0.294. The van der Waals surface area contributed by atoms with Crippen LogP contribution in [0.25, 0.3) is 11.4 Å². The first kappa shape index (κ1) is 15.6. The number of nitrogens with zero attached hydrogens (tertiary/aromatic N) is 3. The topological polar surface area (TPSA) is 49.2 Å². The van der Waals surface area contributed by atoms with Crippen molar-refractivity contribution in [3.05, 3.63) is 46.2 Å². The molecule has 0 aliphatic rings. The number of hydrogen-bond donors (Lipinski definition) is 0. The monoisotopic (exact) mass is 329 g/mol. The molecule has 120 valence electrons. The summed E-state index contributed by atoms with van der Waals surface area (Å²) in [5, 5.41) is 1.08. The normalized spacial score (nSPS) is 10.8. The molecule has 3 rings (SSSR count). The average molecular weight is 329 g/mol. The first-order valence-electron chi connectivity index (χ1n) is 7.29. The fourth-order valence-electron chi connectivity index (χ4n) is 2.61. The molecule has 6 heteroatoms. The molecule has 0 atom stereocenters. The second-order valence-corrected chi connectivity index (χ2v) is 6.45. The SMILES string of the molecule is COc1cccc(OC)c1-c1nccn1Cc1sc(C)nc1C. The van der Waals surface area contributed by atoms with E-state index in [1.165, 1.54) is 4.88 Å². The summed E-state index contributed by atoms with van der Waals surface area (Å²) < 4.78 is 13.1. The van der Waals surface area contributed by atoms with Gasteiger partial charge in [0.15, 0.2) is 0 Å². The Morgan fingerprint density at radius 3 is 2.39 bits per heavy atom.